The largest absolute Gasteiger partial charge is 0.367 e. The highest BCUT2D eigenvalue weighted by atomic mass is 19.1. The minimum atomic E-state index is -0.433. The summed E-state index contributed by atoms with van der Waals surface area (Å²) in [7, 11) is 0. The van der Waals surface area contributed by atoms with Crippen LogP contribution in [-0.4, -0.2) is 32.3 Å². The van der Waals surface area contributed by atoms with Crippen molar-refractivity contribution in [3.05, 3.63) is 35.6 Å². The van der Waals surface area contributed by atoms with Crippen LogP contribution in [0, 0.1) is 5.82 Å². The molecule has 2 aromatic rings. The maximum absolute atomic E-state index is 12.6. The van der Waals surface area contributed by atoms with Crippen LogP contribution in [0.3, 0.4) is 0 Å². The first kappa shape index (κ1) is 12.6. The van der Waals surface area contributed by atoms with E-state index in [0.717, 1.165) is 4.68 Å². The van der Waals surface area contributed by atoms with E-state index < -0.39 is 5.91 Å². The van der Waals surface area contributed by atoms with Gasteiger partial charge in [0, 0.05) is 0 Å². The van der Waals surface area contributed by atoms with Crippen LogP contribution in [0.1, 0.15) is 5.56 Å². The Bertz CT molecular complexity index is 592. The second-order valence-corrected chi connectivity index (χ2v) is 3.54. The first-order valence-electron chi connectivity index (χ1n) is 5.24. The fourth-order valence-corrected chi connectivity index (χ4v) is 1.22. The smallest absolute Gasteiger partial charge is 0.261 e. The van der Waals surface area contributed by atoms with Gasteiger partial charge in [0.15, 0.2) is 0 Å². The minimum absolute atomic E-state index is 0.0395. The average Bonchev–Trinajstić information content (AvgIpc) is 2.78. The van der Waals surface area contributed by atoms with E-state index in [2.05, 4.69) is 26.1 Å². The van der Waals surface area contributed by atoms with Crippen LogP contribution in [0.5, 0.6) is 0 Å². The third-order valence-electron chi connectivity index (χ3n) is 2.13. The Morgan fingerprint density at radius 3 is 2.84 bits per heavy atom. The van der Waals surface area contributed by atoms with Crippen molar-refractivity contribution in [1.29, 1.82) is 0 Å². The first-order chi connectivity index (χ1) is 9.15. The number of carbonyl (C=O) groups excluding carboxylic acids is 1. The molecule has 9 heteroatoms. The highest BCUT2D eigenvalue weighted by Gasteiger charge is 2.06. The Kier molecular flexibility index (Phi) is 3.76. The van der Waals surface area contributed by atoms with Crippen molar-refractivity contribution in [2.45, 2.75) is 6.54 Å². The number of tetrazole rings is 1. The molecule has 0 spiro atoms. The molecule has 0 aliphatic rings. The van der Waals surface area contributed by atoms with E-state index >= 15 is 0 Å². The van der Waals surface area contributed by atoms with E-state index in [-0.39, 0.29) is 18.3 Å². The molecular formula is C10H10FN7O. The fourth-order valence-electron chi connectivity index (χ4n) is 1.22. The van der Waals surface area contributed by atoms with Gasteiger partial charge in [0.2, 0.25) is 5.95 Å². The van der Waals surface area contributed by atoms with Crippen molar-refractivity contribution in [3.8, 4) is 0 Å². The van der Waals surface area contributed by atoms with Crippen molar-refractivity contribution >= 4 is 18.1 Å². The van der Waals surface area contributed by atoms with Crippen molar-refractivity contribution in [1.82, 2.24) is 25.6 Å². The number of amides is 1. The van der Waals surface area contributed by atoms with Gasteiger partial charge in [-0.25, -0.2) is 14.5 Å². The maximum Gasteiger partial charge on any atom is 0.261 e. The van der Waals surface area contributed by atoms with E-state index in [9.17, 15) is 9.18 Å². The van der Waals surface area contributed by atoms with Crippen LogP contribution in [-0.2, 0) is 11.3 Å². The summed E-state index contributed by atoms with van der Waals surface area (Å²) >= 11 is 0. The summed E-state index contributed by atoms with van der Waals surface area (Å²) in [6.45, 7) is -0.139. The van der Waals surface area contributed by atoms with Gasteiger partial charge in [-0.15, -0.1) is 0 Å². The van der Waals surface area contributed by atoms with Gasteiger partial charge in [-0.2, -0.15) is 5.10 Å². The Balaban J connectivity index is 1.86. The summed E-state index contributed by atoms with van der Waals surface area (Å²) in [6.07, 6.45) is 1.39. The van der Waals surface area contributed by atoms with Gasteiger partial charge in [-0.3, -0.25) is 4.79 Å². The average molecular weight is 263 g/mol. The predicted octanol–water partition coefficient (Wildman–Crippen LogP) is -0.455. The number of nitrogens with zero attached hydrogens (tertiary/aromatic N) is 5. The highest BCUT2D eigenvalue weighted by Crippen LogP contribution is 1.99. The van der Waals surface area contributed by atoms with Crippen LogP contribution in [0.4, 0.5) is 10.3 Å². The van der Waals surface area contributed by atoms with E-state index in [4.69, 9.17) is 5.73 Å². The molecule has 1 aromatic carbocycles. The molecule has 0 radical (unpaired) electrons. The quantitative estimate of drug-likeness (QED) is 0.573. The maximum atomic E-state index is 12.6. The summed E-state index contributed by atoms with van der Waals surface area (Å²) in [5.41, 5.74) is 8.33. The van der Waals surface area contributed by atoms with Gasteiger partial charge in [0.25, 0.3) is 5.91 Å². The molecule has 1 heterocycles. The van der Waals surface area contributed by atoms with Crippen LogP contribution in [0.15, 0.2) is 29.4 Å². The zero-order valence-electron chi connectivity index (χ0n) is 9.69. The minimum Gasteiger partial charge on any atom is -0.367 e. The molecule has 8 nitrogen and oxygen atoms in total. The Morgan fingerprint density at radius 2 is 2.21 bits per heavy atom. The molecule has 0 fully saturated rings. The van der Waals surface area contributed by atoms with Gasteiger partial charge < -0.3 is 5.73 Å². The van der Waals surface area contributed by atoms with Crippen molar-refractivity contribution in [3.63, 3.8) is 0 Å². The van der Waals surface area contributed by atoms with Gasteiger partial charge in [0.1, 0.15) is 12.4 Å². The van der Waals surface area contributed by atoms with Gasteiger partial charge >= 0.3 is 0 Å². The highest BCUT2D eigenvalue weighted by molar-refractivity contribution is 5.82. The summed E-state index contributed by atoms with van der Waals surface area (Å²) in [4.78, 5) is 11.5. The molecule has 2 rings (SSSR count). The summed E-state index contributed by atoms with van der Waals surface area (Å²) < 4.78 is 13.8. The number of benzene rings is 1. The van der Waals surface area contributed by atoms with Crippen molar-refractivity contribution in [2.24, 2.45) is 5.10 Å². The molecule has 3 N–H and O–H groups in total. The summed E-state index contributed by atoms with van der Waals surface area (Å²) in [6, 6.07) is 5.66. The van der Waals surface area contributed by atoms with E-state index in [1.807, 2.05) is 0 Å². The molecule has 0 saturated heterocycles. The number of nitrogen functional groups attached to an aromatic ring is 1. The number of halogens is 1. The van der Waals surface area contributed by atoms with E-state index in [0.29, 0.717) is 5.56 Å². The molecule has 0 saturated carbocycles. The van der Waals surface area contributed by atoms with Crippen molar-refractivity contribution in [2.75, 3.05) is 5.73 Å². The predicted molar refractivity (Wildman–Crippen MR) is 64.4 cm³/mol. The molecule has 19 heavy (non-hydrogen) atoms. The number of nitrogens with two attached hydrogens (primary N) is 1. The Labute approximate surface area is 107 Å². The number of hydrogen-bond donors (Lipinski definition) is 2. The van der Waals surface area contributed by atoms with Crippen LogP contribution >= 0.6 is 0 Å². The van der Waals surface area contributed by atoms with Crippen molar-refractivity contribution < 1.29 is 9.18 Å². The number of rotatable bonds is 4. The second kappa shape index (κ2) is 5.67. The Hall–Kier alpha value is -2.84. The van der Waals surface area contributed by atoms with Gasteiger partial charge in [-0.05, 0) is 28.1 Å². The Morgan fingerprint density at radius 1 is 1.47 bits per heavy atom. The molecule has 0 unspecified atom stereocenters. The SMILES string of the molecule is Nc1nnnn1CC(=O)NN=Cc1ccc(F)cc1. The monoisotopic (exact) mass is 263 g/mol. The number of aromatic nitrogens is 4. The van der Waals surface area contributed by atoms with Gasteiger partial charge in [0.05, 0.1) is 6.21 Å². The molecule has 1 aromatic heterocycles. The number of nitrogens with one attached hydrogen (secondary N) is 1. The first-order valence-corrected chi connectivity index (χ1v) is 5.24. The fraction of sp³-hybridized carbons (Fsp3) is 0.100. The lowest BCUT2D eigenvalue weighted by atomic mass is 10.2. The van der Waals surface area contributed by atoms with E-state index in [1.54, 1.807) is 0 Å². The zero-order valence-corrected chi connectivity index (χ0v) is 9.69. The lowest BCUT2D eigenvalue weighted by Gasteiger charge is -1.99. The molecule has 1 amide bonds. The lowest BCUT2D eigenvalue weighted by Crippen LogP contribution is -2.24. The molecule has 0 aliphatic carbocycles. The topological polar surface area (TPSA) is 111 Å². The third-order valence-corrected chi connectivity index (χ3v) is 2.13. The molecule has 98 valence electrons. The number of carbonyl (C=O) groups is 1. The standard InChI is InChI=1S/C10H10FN7O/c11-8-3-1-7(2-4-8)5-13-14-9(19)6-18-10(12)15-16-17-18/h1-5H,6H2,(H,14,19)(H2,12,15,17). The third kappa shape index (κ3) is 3.56. The zero-order chi connectivity index (χ0) is 13.7. The molecule has 0 aliphatic heterocycles. The molecule has 0 atom stereocenters. The molecule has 0 bridgehead atoms. The van der Waals surface area contributed by atoms with Crippen LogP contribution in [0.25, 0.3) is 0 Å². The van der Waals surface area contributed by atoms with Gasteiger partial charge in [-0.1, -0.05) is 17.2 Å². The second-order valence-electron chi connectivity index (χ2n) is 3.54. The summed E-state index contributed by atoms with van der Waals surface area (Å²) in [5.74, 6) is -0.731. The lowest BCUT2D eigenvalue weighted by molar-refractivity contribution is -0.121. The number of anilines is 1. The summed E-state index contributed by atoms with van der Waals surface area (Å²) in [5, 5.41) is 13.9. The normalized spacial score (nSPS) is 10.8. The van der Waals surface area contributed by atoms with Crippen LogP contribution < -0.4 is 11.2 Å². The number of hydrogen-bond acceptors (Lipinski definition) is 6. The number of hydrazone groups is 1. The molecular weight excluding hydrogens is 253 g/mol. The van der Waals surface area contributed by atoms with E-state index in [1.165, 1.54) is 30.5 Å². The van der Waals surface area contributed by atoms with Crippen LogP contribution in [0.2, 0.25) is 0 Å².